The Morgan fingerprint density at radius 3 is 2.59 bits per heavy atom. The first-order valence-electron chi connectivity index (χ1n) is 10.4. The van der Waals surface area contributed by atoms with Crippen molar-refractivity contribution in [3.8, 4) is 5.75 Å². The Hall–Kier alpha value is -3.33. The van der Waals surface area contributed by atoms with Crippen LogP contribution in [0.2, 0.25) is 0 Å². The number of ether oxygens (including phenoxy) is 1. The van der Waals surface area contributed by atoms with Crippen molar-refractivity contribution in [2.75, 3.05) is 23.5 Å². The third-order valence-corrected chi connectivity index (χ3v) is 5.96. The van der Waals surface area contributed by atoms with E-state index in [1.807, 2.05) is 18.2 Å². The first-order valence-corrected chi connectivity index (χ1v) is 11.4. The highest BCUT2D eigenvalue weighted by atomic mass is 32.2. The van der Waals surface area contributed by atoms with Crippen LogP contribution in [0.5, 0.6) is 5.75 Å². The molecule has 1 aliphatic rings. The van der Waals surface area contributed by atoms with Crippen molar-refractivity contribution < 1.29 is 14.3 Å². The molecular formula is C23H25N5O3S. The number of hydrogen-bond acceptors (Lipinski definition) is 6. The molecule has 0 aliphatic heterocycles. The van der Waals surface area contributed by atoms with E-state index in [9.17, 15) is 9.59 Å². The fourth-order valence-corrected chi connectivity index (χ4v) is 4.11. The van der Waals surface area contributed by atoms with Crippen molar-refractivity contribution in [3.05, 3.63) is 59.9 Å². The number of rotatable bonds is 9. The fourth-order valence-electron chi connectivity index (χ4n) is 3.37. The van der Waals surface area contributed by atoms with E-state index in [1.54, 1.807) is 18.2 Å². The molecule has 2 amide bonds. The molecule has 0 atom stereocenters. The lowest BCUT2D eigenvalue weighted by atomic mass is 10.2. The molecule has 1 aliphatic carbocycles. The van der Waals surface area contributed by atoms with Crippen LogP contribution in [0.4, 0.5) is 11.4 Å². The third kappa shape index (κ3) is 5.47. The molecule has 0 spiro atoms. The fraction of sp³-hybridized carbons (Fsp3) is 0.304. The van der Waals surface area contributed by atoms with E-state index in [0.717, 1.165) is 23.8 Å². The second-order valence-electron chi connectivity index (χ2n) is 7.62. The summed E-state index contributed by atoms with van der Waals surface area (Å²) < 4.78 is 7.44. The summed E-state index contributed by atoms with van der Waals surface area (Å²) in [5.74, 6) is 1.74. The Morgan fingerprint density at radius 1 is 1.12 bits per heavy atom. The number of anilines is 2. The van der Waals surface area contributed by atoms with E-state index in [2.05, 4.69) is 37.5 Å². The molecule has 2 aromatic carbocycles. The summed E-state index contributed by atoms with van der Waals surface area (Å²) in [4.78, 5) is 24.0. The van der Waals surface area contributed by atoms with Gasteiger partial charge in [0, 0.05) is 18.5 Å². The van der Waals surface area contributed by atoms with Gasteiger partial charge in [-0.15, -0.1) is 10.2 Å². The van der Waals surface area contributed by atoms with Crippen LogP contribution >= 0.6 is 11.8 Å². The lowest BCUT2D eigenvalue weighted by Crippen LogP contribution is -2.16. The number of nitrogens with zero attached hydrogens (tertiary/aromatic N) is 3. The zero-order valence-corrected chi connectivity index (χ0v) is 18.8. The molecule has 9 heteroatoms. The summed E-state index contributed by atoms with van der Waals surface area (Å²) >= 11 is 1.35. The standard InChI is InChI=1S/C23H25N5O3S/c1-15(29)24-18-10-11-20(31-2)19(12-18)25-21(30)14-32-23-27-26-22(17-8-9-17)28(23)13-16-6-4-3-5-7-16/h3-7,10-12,17H,8-9,13-14H2,1-2H3,(H,24,29)(H,25,30). The largest absolute Gasteiger partial charge is 0.495 e. The number of benzene rings is 2. The SMILES string of the molecule is COc1ccc(NC(C)=O)cc1NC(=O)CSc1nnc(C2CC2)n1Cc1ccccc1. The highest BCUT2D eigenvalue weighted by molar-refractivity contribution is 7.99. The highest BCUT2D eigenvalue weighted by Gasteiger charge is 2.30. The Balaban J connectivity index is 1.45. The van der Waals surface area contributed by atoms with Gasteiger partial charge in [-0.05, 0) is 36.6 Å². The molecule has 1 saturated carbocycles. The normalized spacial score (nSPS) is 12.9. The number of amides is 2. The second-order valence-corrected chi connectivity index (χ2v) is 8.56. The number of thioether (sulfide) groups is 1. The van der Waals surface area contributed by atoms with Crippen LogP contribution in [-0.2, 0) is 16.1 Å². The van der Waals surface area contributed by atoms with Gasteiger partial charge in [0.25, 0.3) is 0 Å². The maximum absolute atomic E-state index is 12.7. The first-order chi connectivity index (χ1) is 15.5. The predicted octanol–water partition coefficient (Wildman–Crippen LogP) is 3.90. The average molecular weight is 452 g/mol. The summed E-state index contributed by atoms with van der Waals surface area (Å²) in [6, 6.07) is 15.3. The van der Waals surface area contributed by atoms with Gasteiger partial charge in [-0.1, -0.05) is 42.1 Å². The van der Waals surface area contributed by atoms with Crippen LogP contribution in [0.3, 0.4) is 0 Å². The van der Waals surface area contributed by atoms with Crippen molar-refractivity contribution in [2.24, 2.45) is 0 Å². The number of methoxy groups -OCH3 is 1. The van der Waals surface area contributed by atoms with Gasteiger partial charge >= 0.3 is 0 Å². The van der Waals surface area contributed by atoms with E-state index >= 15 is 0 Å². The summed E-state index contributed by atoms with van der Waals surface area (Å²) in [6.07, 6.45) is 2.25. The van der Waals surface area contributed by atoms with E-state index in [4.69, 9.17) is 4.74 Å². The number of hydrogen-bond donors (Lipinski definition) is 2. The Bertz CT molecular complexity index is 1110. The molecule has 8 nitrogen and oxygen atoms in total. The molecule has 0 bridgehead atoms. The molecular weight excluding hydrogens is 426 g/mol. The van der Waals surface area contributed by atoms with Gasteiger partial charge in [0.2, 0.25) is 11.8 Å². The van der Waals surface area contributed by atoms with Crippen LogP contribution < -0.4 is 15.4 Å². The van der Waals surface area contributed by atoms with Crippen molar-refractivity contribution in [1.29, 1.82) is 0 Å². The zero-order chi connectivity index (χ0) is 22.5. The molecule has 0 saturated heterocycles. The molecule has 1 fully saturated rings. The molecule has 2 N–H and O–H groups in total. The van der Waals surface area contributed by atoms with Gasteiger partial charge in [0.05, 0.1) is 25.1 Å². The summed E-state index contributed by atoms with van der Waals surface area (Å²) in [7, 11) is 1.53. The number of aromatic nitrogens is 3. The third-order valence-electron chi connectivity index (χ3n) is 5.00. The topological polar surface area (TPSA) is 98.1 Å². The van der Waals surface area contributed by atoms with E-state index < -0.39 is 0 Å². The van der Waals surface area contributed by atoms with Gasteiger partial charge in [0.1, 0.15) is 11.6 Å². The summed E-state index contributed by atoms with van der Waals surface area (Å²) in [5, 5.41) is 15.1. The van der Waals surface area contributed by atoms with Crippen LogP contribution in [0.25, 0.3) is 0 Å². The number of nitrogens with one attached hydrogen (secondary N) is 2. The quantitative estimate of drug-likeness (QED) is 0.479. The maximum atomic E-state index is 12.7. The van der Waals surface area contributed by atoms with Crippen molar-refractivity contribution >= 4 is 35.0 Å². The van der Waals surface area contributed by atoms with Crippen LogP contribution in [-0.4, -0.2) is 39.4 Å². The predicted molar refractivity (Wildman–Crippen MR) is 124 cm³/mol. The van der Waals surface area contributed by atoms with Crippen molar-refractivity contribution in [2.45, 2.75) is 37.4 Å². The van der Waals surface area contributed by atoms with Gasteiger partial charge in [-0.25, -0.2) is 0 Å². The second kappa shape index (κ2) is 9.86. The van der Waals surface area contributed by atoms with Crippen LogP contribution in [0, 0.1) is 0 Å². The molecule has 0 radical (unpaired) electrons. The first kappa shape index (κ1) is 21.9. The Kier molecular flexibility index (Phi) is 6.75. The molecule has 1 heterocycles. The van der Waals surface area contributed by atoms with E-state index in [1.165, 1.54) is 31.4 Å². The van der Waals surface area contributed by atoms with Crippen LogP contribution in [0.1, 0.15) is 37.1 Å². The van der Waals surface area contributed by atoms with E-state index in [0.29, 0.717) is 29.6 Å². The monoisotopic (exact) mass is 451 g/mol. The van der Waals surface area contributed by atoms with Crippen molar-refractivity contribution in [1.82, 2.24) is 14.8 Å². The molecule has 166 valence electrons. The minimum Gasteiger partial charge on any atom is -0.495 e. The summed E-state index contributed by atoms with van der Waals surface area (Å²) in [5.41, 5.74) is 2.24. The van der Waals surface area contributed by atoms with Gasteiger partial charge in [-0.3, -0.25) is 9.59 Å². The summed E-state index contributed by atoms with van der Waals surface area (Å²) in [6.45, 7) is 2.11. The van der Waals surface area contributed by atoms with E-state index in [-0.39, 0.29) is 17.6 Å². The molecule has 4 rings (SSSR count). The zero-order valence-electron chi connectivity index (χ0n) is 18.0. The Morgan fingerprint density at radius 2 is 1.91 bits per heavy atom. The average Bonchev–Trinajstić information content (AvgIpc) is 3.54. The lowest BCUT2D eigenvalue weighted by molar-refractivity contribution is -0.114. The molecule has 1 aromatic heterocycles. The molecule has 0 unspecified atom stereocenters. The minimum absolute atomic E-state index is 0.172. The lowest BCUT2D eigenvalue weighted by Gasteiger charge is -2.13. The minimum atomic E-state index is -0.199. The Labute approximate surface area is 190 Å². The molecule has 3 aromatic rings. The smallest absolute Gasteiger partial charge is 0.234 e. The maximum Gasteiger partial charge on any atom is 0.234 e. The van der Waals surface area contributed by atoms with Crippen molar-refractivity contribution in [3.63, 3.8) is 0 Å². The van der Waals surface area contributed by atoms with Crippen LogP contribution in [0.15, 0.2) is 53.7 Å². The van der Waals surface area contributed by atoms with Gasteiger partial charge in [-0.2, -0.15) is 0 Å². The highest BCUT2D eigenvalue weighted by Crippen LogP contribution is 2.40. The molecule has 32 heavy (non-hydrogen) atoms. The van der Waals surface area contributed by atoms with Gasteiger partial charge < -0.3 is 19.9 Å². The number of carbonyl (C=O) groups is 2. The van der Waals surface area contributed by atoms with Gasteiger partial charge in [0.15, 0.2) is 5.16 Å². The number of carbonyl (C=O) groups excluding carboxylic acids is 2.